The first kappa shape index (κ1) is 9.30. The largest absolute Gasteiger partial charge is 0.336 e. The minimum atomic E-state index is 0.278. The summed E-state index contributed by atoms with van der Waals surface area (Å²) in [5.41, 5.74) is 1.10. The van der Waals surface area contributed by atoms with Gasteiger partial charge in [-0.05, 0) is 19.8 Å². The van der Waals surface area contributed by atoms with Crippen LogP contribution in [-0.4, -0.2) is 23.4 Å². The second-order valence-electron chi connectivity index (χ2n) is 3.46. The van der Waals surface area contributed by atoms with Crippen molar-refractivity contribution in [2.24, 2.45) is 0 Å². The second kappa shape index (κ2) is 3.74. The molecule has 1 aliphatic heterocycles. The minimum Gasteiger partial charge on any atom is -0.336 e. The van der Waals surface area contributed by atoms with Gasteiger partial charge in [0.25, 0.3) is 0 Å². The van der Waals surface area contributed by atoms with Crippen molar-refractivity contribution < 1.29 is 4.79 Å². The topological polar surface area (TPSA) is 20.3 Å². The Hall–Kier alpha value is -0.790. The minimum absolute atomic E-state index is 0.278. The van der Waals surface area contributed by atoms with Crippen LogP contribution in [0.4, 0.5) is 0 Å². The van der Waals surface area contributed by atoms with E-state index in [1.165, 1.54) is 0 Å². The van der Waals surface area contributed by atoms with Gasteiger partial charge in [0.15, 0.2) is 0 Å². The summed E-state index contributed by atoms with van der Waals surface area (Å²) in [4.78, 5) is 13.3. The van der Waals surface area contributed by atoms with E-state index < -0.39 is 0 Å². The van der Waals surface area contributed by atoms with Crippen molar-refractivity contribution in [3.05, 3.63) is 12.2 Å². The first-order valence-electron chi connectivity index (χ1n) is 4.61. The zero-order valence-electron chi connectivity index (χ0n) is 7.97. The van der Waals surface area contributed by atoms with Gasteiger partial charge in [0.05, 0.1) is 6.04 Å². The lowest BCUT2D eigenvalue weighted by atomic mass is 10.1. The highest BCUT2D eigenvalue weighted by Gasteiger charge is 2.26. The van der Waals surface area contributed by atoms with E-state index in [1.54, 1.807) is 0 Å². The van der Waals surface area contributed by atoms with Gasteiger partial charge in [-0.25, -0.2) is 0 Å². The van der Waals surface area contributed by atoms with Crippen LogP contribution in [0.3, 0.4) is 0 Å². The Morgan fingerprint density at radius 2 is 2.42 bits per heavy atom. The van der Waals surface area contributed by atoms with Crippen LogP contribution < -0.4 is 0 Å². The summed E-state index contributed by atoms with van der Waals surface area (Å²) >= 11 is 0. The molecule has 2 heteroatoms. The van der Waals surface area contributed by atoms with Crippen LogP contribution in [0.2, 0.25) is 0 Å². The molecular formula is C10H17NO. The number of carbonyl (C=O) groups excluding carboxylic acids is 1. The molecule has 1 fully saturated rings. The number of rotatable bonds is 3. The molecule has 0 saturated carbocycles. The summed E-state index contributed by atoms with van der Waals surface area (Å²) in [5, 5.41) is 0. The number of hydrogen-bond acceptors (Lipinski definition) is 1. The predicted molar refractivity (Wildman–Crippen MR) is 49.8 cm³/mol. The van der Waals surface area contributed by atoms with E-state index in [0.29, 0.717) is 5.91 Å². The highest BCUT2D eigenvalue weighted by atomic mass is 16.2. The molecule has 0 aromatic heterocycles. The molecule has 1 aliphatic rings. The van der Waals surface area contributed by atoms with E-state index in [4.69, 9.17) is 0 Å². The summed E-state index contributed by atoms with van der Waals surface area (Å²) < 4.78 is 0. The molecule has 0 bridgehead atoms. The Labute approximate surface area is 74.2 Å². The molecule has 1 heterocycles. The van der Waals surface area contributed by atoms with Crippen molar-refractivity contribution in [1.82, 2.24) is 4.90 Å². The third-order valence-electron chi connectivity index (χ3n) is 2.44. The fourth-order valence-corrected chi connectivity index (χ4v) is 1.83. The van der Waals surface area contributed by atoms with E-state index in [9.17, 15) is 4.79 Å². The average molecular weight is 167 g/mol. The molecule has 1 saturated heterocycles. The highest BCUT2D eigenvalue weighted by molar-refractivity contribution is 5.78. The molecule has 0 radical (unpaired) electrons. The molecule has 0 aromatic carbocycles. The molecule has 2 nitrogen and oxygen atoms in total. The van der Waals surface area contributed by atoms with Gasteiger partial charge in [-0.3, -0.25) is 4.79 Å². The molecule has 1 amide bonds. The van der Waals surface area contributed by atoms with Crippen molar-refractivity contribution in [1.29, 1.82) is 0 Å². The van der Waals surface area contributed by atoms with E-state index >= 15 is 0 Å². The van der Waals surface area contributed by atoms with Crippen molar-refractivity contribution in [2.45, 2.75) is 39.2 Å². The molecule has 0 spiro atoms. The lowest BCUT2D eigenvalue weighted by molar-refractivity contribution is -0.129. The summed E-state index contributed by atoms with van der Waals surface area (Å²) in [5.74, 6) is 0.296. The monoisotopic (exact) mass is 167 g/mol. The Kier molecular flexibility index (Phi) is 2.90. The van der Waals surface area contributed by atoms with Gasteiger partial charge in [0.2, 0.25) is 5.91 Å². The predicted octanol–water partition coefficient (Wildman–Crippen LogP) is 1.96. The van der Waals surface area contributed by atoms with Crippen LogP contribution in [0.25, 0.3) is 0 Å². The van der Waals surface area contributed by atoms with Crippen molar-refractivity contribution in [2.75, 3.05) is 6.54 Å². The summed E-state index contributed by atoms with van der Waals surface area (Å²) in [7, 11) is 0. The standard InChI is InChI=1S/C10H17NO/c1-4-9(8(2)3)11-7-5-6-10(11)12/h9H,2,4-7H2,1,3H3. The molecule has 1 unspecified atom stereocenters. The normalized spacial score (nSPS) is 19.8. The Bertz CT molecular complexity index is 198. The molecule has 1 rings (SSSR count). The lowest BCUT2D eigenvalue weighted by Gasteiger charge is -2.26. The molecule has 0 aliphatic carbocycles. The number of hydrogen-bond donors (Lipinski definition) is 0. The molecule has 1 atom stereocenters. The molecule has 12 heavy (non-hydrogen) atoms. The molecule has 68 valence electrons. The lowest BCUT2D eigenvalue weighted by Crippen LogP contribution is -2.36. The SMILES string of the molecule is C=C(C)C(CC)N1CCCC1=O. The third kappa shape index (κ3) is 1.68. The number of carbonyl (C=O) groups is 1. The van der Waals surface area contributed by atoms with Gasteiger partial charge in [0.1, 0.15) is 0 Å². The van der Waals surface area contributed by atoms with Crippen molar-refractivity contribution >= 4 is 5.91 Å². The summed E-state index contributed by atoms with van der Waals surface area (Å²) in [6.45, 7) is 8.93. The van der Waals surface area contributed by atoms with Crippen LogP contribution in [0.1, 0.15) is 33.1 Å². The van der Waals surface area contributed by atoms with Gasteiger partial charge in [-0.2, -0.15) is 0 Å². The number of amides is 1. The molecular weight excluding hydrogens is 150 g/mol. The number of nitrogens with zero attached hydrogens (tertiary/aromatic N) is 1. The quantitative estimate of drug-likeness (QED) is 0.588. The van der Waals surface area contributed by atoms with E-state index in [-0.39, 0.29) is 6.04 Å². The zero-order valence-corrected chi connectivity index (χ0v) is 7.97. The zero-order chi connectivity index (χ0) is 9.14. The van der Waals surface area contributed by atoms with Crippen LogP contribution in [0.5, 0.6) is 0 Å². The smallest absolute Gasteiger partial charge is 0.223 e. The Morgan fingerprint density at radius 1 is 1.75 bits per heavy atom. The first-order valence-corrected chi connectivity index (χ1v) is 4.61. The van der Waals surface area contributed by atoms with Crippen LogP contribution >= 0.6 is 0 Å². The van der Waals surface area contributed by atoms with Crippen molar-refractivity contribution in [3.63, 3.8) is 0 Å². The Balaban J connectivity index is 2.65. The van der Waals surface area contributed by atoms with Crippen LogP contribution in [0.15, 0.2) is 12.2 Å². The van der Waals surface area contributed by atoms with Gasteiger partial charge < -0.3 is 4.90 Å². The molecule has 0 N–H and O–H groups in total. The fraction of sp³-hybridized carbons (Fsp3) is 0.700. The van der Waals surface area contributed by atoms with Crippen LogP contribution in [-0.2, 0) is 4.79 Å². The maximum absolute atomic E-state index is 11.4. The van der Waals surface area contributed by atoms with Crippen LogP contribution in [0, 0.1) is 0 Å². The summed E-state index contributed by atoms with van der Waals surface area (Å²) in [6, 6.07) is 0.278. The summed E-state index contributed by atoms with van der Waals surface area (Å²) in [6.07, 6.45) is 2.73. The van der Waals surface area contributed by atoms with E-state index in [0.717, 1.165) is 31.4 Å². The van der Waals surface area contributed by atoms with E-state index in [1.807, 2.05) is 11.8 Å². The van der Waals surface area contributed by atoms with Crippen molar-refractivity contribution in [3.8, 4) is 0 Å². The van der Waals surface area contributed by atoms with Gasteiger partial charge in [0, 0.05) is 13.0 Å². The Morgan fingerprint density at radius 3 is 2.75 bits per heavy atom. The first-order chi connectivity index (χ1) is 5.66. The fourth-order valence-electron chi connectivity index (χ4n) is 1.83. The van der Waals surface area contributed by atoms with Gasteiger partial charge >= 0.3 is 0 Å². The van der Waals surface area contributed by atoms with E-state index in [2.05, 4.69) is 13.5 Å². The maximum atomic E-state index is 11.4. The third-order valence-corrected chi connectivity index (χ3v) is 2.44. The van der Waals surface area contributed by atoms with Gasteiger partial charge in [-0.1, -0.05) is 19.1 Å². The average Bonchev–Trinajstić information content (AvgIpc) is 2.38. The number of likely N-dealkylation sites (tertiary alicyclic amines) is 1. The molecule has 0 aromatic rings. The second-order valence-corrected chi connectivity index (χ2v) is 3.46. The maximum Gasteiger partial charge on any atom is 0.223 e. The highest BCUT2D eigenvalue weighted by Crippen LogP contribution is 2.19. The van der Waals surface area contributed by atoms with Gasteiger partial charge in [-0.15, -0.1) is 0 Å².